The lowest BCUT2D eigenvalue weighted by molar-refractivity contribution is -0.121. The number of carbonyl (C=O) groups is 2. The second kappa shape index (κ2) is 9.17. The molecule has 1 fully saturated rings. The summed E-state index contributed by atoms with van der Waals surface area (Å²) in [5, 5.41) is 2.75. The summed E-state index contributed by atoms with van der Waals surface area (Å²) >= 11 is 7.01. The van der Waals surface area contributed by atoms with E-state index in [9.17, 15) is 18.0 Å². The molecule has 0 unspecified atom stereocenters. The average Bonchev–Trinajstić information content (AvgIpc) is 3.37. The summed E-state index contributed by atoms with van der Waals surface area (Å²) in [6.45, 7) is 1.41. The van der Waals surface area contributed by atoms with Crippen molar-refractivity contribution in [2.24, 2.45) is 0 Å². The van der Waals surface area contributed by atoms with E-state index in [4.69, 9.17) is 11.6 Å². The van der Waals surface area contributed by atoms with Crippen molar-refractivity contribution in [2.75, 3.05) is 13.1 Å². The zero-order valence-electron chi connectivity index (χ0n) is 15.2. The first kappa shape index (κ1) is 21.0. The largest absolute Gasteiger partial charge is 0.352 e. The molecule has 1 aromatic heterocycles. The quantitative estimate of drug-likeness (QED) is 0.637. The molecule has 1 saturated heterocycles. The zero-order valence-corrected chi connectivity index (χ0v) is 17.6. The maximum absolute atomic E-state index is 12.5. The van der Waals surface area contributed by atoms with Gasteiger partial charge in [0.25, 0.3) is 0 Å². The molecule has 0 aliphatic carbocycles. The Hall–Kier alpha value is -1.74. The third-order valence-electron chi connectivity index (χ3n) is 4.54. The number of benzene rings is 1. The molecule has 1 aromatic carbocycles. The highest BCUT2D eigenvalue weighted by atomic mass is 35.5. The van der Waals surface area contributed by atoms with Gasteiger partial charge in [-0.05, 0) is 42.7 Å². The van der Waals surface area contributed by atoms with Crippen molar-refractivity contribution >= 4 is 44.7 Å². The summed E-state index contributed by atoms with van der Waals surface area (Å²) < 4.78 is 27.0. The number of Topliss-reactive ketones (excluding diaryl/α,β-unsaturated/α-hetero) is 1. The fourth-order valence-corrected chi connectivity index (χ4v) is 5.49. The van der Waals surface area contributed by atoms with Crippen LogP contribution in [0, 0.1) is 0 Å². The van der Waals surface area contributed by atoms with E-state index in [1.54, 1.807) is 36.4 Å². The lowest BCUT2D eigenvalue weighted by Gasteiger charge is -2.15. The molecule has 1 aliphatic heterocycles. The summed E-state index contributed by atoms with van der Waals surface area (Å²) in [5.74, 6) is -0.340. The molecule has 2 aromatic rings. The van der Waals surface area contributed by atoms with Crippen LogP contribution in [0.4, 0.5) is 0 Å². The predicted octanol–water partition coefficient (Wildman–Crippen LogP) is 3.47. The highest BCUT2D eigenvalue weighted by molar-refractivity contribution is 7.89. The van der Waals surface area contributed by atoms with E-state index in [-0.39, 0.29) is 36.0 Å². The Balaban J connectivity index is 1.48. The molecule has 1 aliphatic rings. The van der Waals surface area contributed by atoms with Crippen molar-refractivity contribution in [1.82, 2.24) is 9.62 Å². The monoisotopic (exact) mass is 440 g/mol. The summed E-state index contributed by atoms with van der Waals surface area (Å²) in [4.78, 5) is 24.8. The molecule has 0 radical (unpaired) electrons. The topological polar surface area (TPSA) is 83.5 Å². The van der Waals surface area contributed by atoms with Gasteiger partial charge in [0.15, 0.2) is 5.78 Å². The van der Waals surface area contributed by atoms with Crippen LogP contribution in [0.2, 0.25) is 4.34 Å². The van der Waals surface area contributed by atoms with E-state index in [0.29, 0.717) is 22.3 Å². The van der Waals surface area contributed by atoms with E-state index in [2.05, 4.69) is 5.32 Å². The molecule has 0 bridgehead atoms. The number of carbonyl (C=O) groups excluding carboxylic acids is 2. The number of nitrogens with zero attached hydrogens (tertiary/aromatic N) is 1. The van der Waals surface area contributed by atoms with Crippen LogP contribution < -0.4 is 5.32 Å². The van der Waals surface area contributed by atoms with Gasteiger partial charge in [0.2, 0.25) is 15.9 Å². The molecule has 1 N–H and O–H groups in total. The lowest BCUT2D eigenvalue weighted by Crippen LogP contribution is -2.28. The van der Waals surface area contributed by atoms with Crippen LogP contribution in [0.1, 0.15) is 40.9 Å². The zero-order chi connectivity index (χ0) is 20.1. The Morgan fingerprint density at radius 3 is 2.32 bits per heavy atom. The van der Waals surface area contributed by atoms with E-state index < -0.39 is 10.0 Å². The maximum atomic E-state index is 12.5. The van der Waals surface area contributed by atoms with Gasteiger partial charge in [-0.15, -0.1) is 11.3 Å². The van der Waals surface area contributed by atoms with Gasteiger partial charge >= 0.3 is 0 Å². The molecule has 3 rings (SSSR count). The Labute approximate surface area is 173 Å². The molecule has 0 saturated carbocycles. The Kier molecular flexibility index (Phi) is 6.87. The van der Waals surface area contributed by atoms with Gasteiger partial charge in [0, 0.05) is 32.5 Å². The second-order valence-corrected chi connectivity index (χ2v) is 10.2. The number of halogens is 1. The van der Waals surface area contributed by atoms with Gasteiger partial charge in [-0.2, -0.15) is 4.31 Å². The minimum absolute atomic E-state index is 0.0930. The molecule has 2 heterocycles. The van der Waals surface area contributed by atoms with Crippen LogP contribution in [-0.4, -0.2) is 37.5 Å². The smallest absolute Gasteiger partial charge is 0.243 e. The molecule has 1 amide bonds. The number of hydrogen-bond donors (Lipinski definition) is 1. The van der Waals surface area contributed by atoms with E-state index in [1.165, 1.54) is 15.6 Å². The highest BCUT2D eigenvalue weighted by Crippen LogP contribution is 2.23. The van der Waals surface area contributed by atoms with Gasteiger partial charge in [-0.3, -0.25) is 9.59 Å². The van der Waals surface area contributed by atoms with Gasteiger partial charge < -0.3 is 5.32 Å². The second-order valence-electron chi connectivity index (χ2n) is 6.56. The first-order valence-electron chi connectivity index (χ1n) is 9.00. The van der Waals surface area contributed by atoms with Gasteiger partial charge in [-0.1, -0.05) is 23.7 Å². The number of thiophene rings is 1. The van der Waals surface area contributed by atoms with Crippen LogP contribution in [-0.2, 0) is 21.4 Å². The third kappa shape index (κ3) is 5.20. The number of hydrogen-bond acceptors (Lipinski definition) is 5. The molecule has 0 atom stereocenters. The lowest BCUT2D eigenvalue weighted by atomic mass is 10.2. The van der Waals surface area contributed by atoms with Crippen molar-refractivity contribution in [1.29, 1.82) is 0 Å². The van der Waals surface area contributed by atoms with Crippen molar-refractivity contribution in [3.05, 3.63) is 51.2 Å². The number of amides is 1. The van der Waals surface area contributed by atoms with Gasteiger partial charge in [0.1, 0.15) is 0 Å². The van der Waals surface area contributed by atoms with E-state index >= 15 is 0 Å². The molecular weight excluding hydrogens is 420 g/mol. The Morgan fingerprint density at radius 1 is 1.04 bits per heavy atom. The van der Waals surface area contributed by atoms with Crippen molar-refractivity contribution in [2.45, 2.75) is 37.1 Å². The van der Waals surface area contributed by atoms with Crippen LogP contribution >= 0.6 is 22.9 Å². The van der Waals surface area contributed by atoms with Crippen LogP contribution in [0.5, 0.6) is 0 Å². The molecule has 0 spiro atoms. The highest BCUT2D eigenvalue weighted by Gasteiger charge is 2.26. The Bertz CT molecular complexity index is 949. The minimum Gasteiger partial charge on any atom is -0.352 e. The van der Waals surface area contributed by atoms with Crippen LogP contribution in [0.15, 0.2) is 41.3 Å². The predicted molar refractivity (Wildman–Crippen MR) is 109 cm³/mol. The van der Waals surface area contributed by atoms with E-state index in [1.807, 2.05) is 0 Å². The number of rotatable bonds is 8. The fourth-order valence-electron chi connectivity index (χ4n) is 2.96. The molecular formula is C19H21ClN2O4S2. The SMILES string of the molecule is O=C(CCC(=O)c1ccc(Cl)s1)NCc1ccc(S(=O)(=O)N2CCCC2)cc1. The average molecular weight is 441 g/mol. The molecule has 9 heteroatoms. The summed E-state index contributed by atoms with van der Waals surface area (Å²) in [6.07, 6.45) is 2.00. The molecule has 28 heavy (non-hydrogen) atoms. The first-order chi connectivity index (χ1) is 13.4. The third-order valence-corrected chi connectivity index (χ3v) is 7.73. The Morgan fingerprint density at radius 2 is 1.71 bits per heavy atom. The number of sulfonamides is 1. The van der Waals surface area contributed by atoms with Crippen molar-refractivity contribution in [3.63, 3.8) is 0 Å². The standard InChI is InChI=1S/C19H21ClN2O4S2/c20-18-9-8-17(27-18)16(23)7-10-19(24)21-13-14-3-5-15(6-4-14)28(25,26)22-11-1-2-12-22/h3-6,8-9H,1-2,7,10-13H2,(H,21,24). The molecule has 150 valence electrons. The fraction of sp³-hybridized carbons (Fsp3) is 0.368. The molecule has 6 nitrogen and oxygen atoms in total. The maximum Gasteiger partial charge on any atom is 0.243 e. The normalized spacial score (nSPS) is 14.9. The number of ketones is 1. The van der Waals surface area contributed by atoms with E-state index in [0.717, 1.165) is 18.4 Å². The summed E-state index contributed by atoms with van der Waals surface area (Å²) in [7, 11) is -3.43. The van der Waals surface area contributed by atoms with Crippen LogP contribution in [0.25, 0.3) is 0 Å². The van der Waals surface area contributed by atoms with Gasteiger partial charge in [0.05, 0.1) is 14.1 Å². The van der Waals surface area contributed by atoms with Crippen molar-refractivity contribution < 1.29 is 18.0 Å². The van der Waals surface area contributed by atoms with Crippen LogP contribution in [0.3, 0.4) is 0 Å². The summed E-state index contributed by atoms with van der Waals surface area (Å²) in [6, 6.07) is 9.85. The number of nitrogens with one attached hydrogen (secondary N) is 1. The van der Waals surface area contributed by atoms with Crippen molar-refractivity contribution in [3.8, 4) is 0 Å². The minimum atomic E-state index is -3.43. The first-order valence-corrected chi connectivity index (χ1v) is 11.6. The summed E-state index contributed by atoms with van der Waals surface area (Å²) in [5.41, 5.74) is 0.796. The van der Waals surface area contributed by atoms with Gasteiger partial charge in [-0.25, -0.2) is 8.42 Å².